The summed E-state index contributed by atoms with van der Waals surface area (Å²) in [6.07, 6.45) is 2.40. The fraction of sp³-hybridized carbons (Fsp3) is 0.278. The van der Waals surface area contributed by atoms with Crippen LogP contribution in [-0.2, 0) is 17.8 Å². The van der Waals surface area contributed by atoms with E-state index >= 15 is 0 Å². The van der Waals surface area contributed by atoms with Crippen molar-refractivity contribution < 1.29 is 14.3 Å². The van der Waals surface area contributed by atoms with Crippen LogP contribution in [0.2, 0.25) is 0 Å². The number of nitrogens with one attached hydrogen (secondary N) is 2. The number of ether oxygens (including phenoxy) is 1. The second kappa shape index (κ2) is 7.65. The van der Waals surface area contributed by atoms with Crippen LogP contribution in [0.1, 0.15) is 11.1 Å². The molecule has 0 aliphatic carbocycles. The number of carbonyl (C=O) groups excluding carboxylic acids is 2. The van der Waals surface area contributed by atoms with Crippen LogP contribution in [0.4, 0.5) is 10.5 Å². The van der Waals surface area contributed by atoms with E-state index in [4.69, 9.17) is 4.74 Å². The number of methoxy groups -OCH3 is 1. The fourth-order valence-electron chi connectivity index (χ4n) is 2.78. The number of aromatic nitrogens is 1. The SMILES string of the molecule is COc1ncccc1NC(=O)CNC(=O)N1CCc2ccccc2C1. The molecule has 2 N–H and O–H groups in total. The number of carbonyl (C=O) groups is 2. The number of anilines is 1. The van der Waals surface area contributed by atoms with Crippen molar-refractivity contribution in [3.05, 3.63) is 53.7 Å². The molecule has 1 aromatic carbocycles. The Morgan fingerprint density at radius 1 is 1.20 bits per heavy atom. The standard InChI is InChI=1S/C18H20N4O3/c1-25-17-15(7-4-9-19-17)21-16(23)11-20-18(24)22-10-8-13-5-2-3-6-14(13)12-22/h2-7,9H,8,10-12H2,1H3,(H,20,24)(H,21,23). The zero-order valence-corrected chi connectivity index (χ0v) is 14.0. The zero-order valence-electron chi connectivity index (χ0n) is 14.0. The number of nitrogens with zero attached hydrogens (tertiary/aromatic N) is 2. The van der Waals surface area contributed by atoms with Crippen molar-refractivity contribution in [1.82, 2.24) is 15.2 Å². The van der Waals surface area contributed by atoms with Gasteiger partial charge in [-0.25, -0.2) is 9.78 Å². The minimum absolute atomic E-state index is 0.116. The van der Waals surface area contributed by atoms with Gasteiger partial charge in [-0.1, -0.05) is 24.3 Å². The first-order valence-electron chi connectivity index (χ1n) is 8.06. The molecule has 25 heavy (non-hydrogen) atoms. The van der Waals surface area contributed by atoms with E-state index in [0.717, 1.165) is 12.0 Å². The molecule has 130 valence electrons. The maximum Gasteiger partial charge on any atom is 0.318 e. The topological polar surface area (TPSA) is 83.6 Å². The molecular formula is C18H20N4O3. The Labute approximate surface area is 146 Å². The molecule has 7 heteroatoms. The average Bonchev–Trinajstić information content (AvgIpc) is 2.66. The first-order valence-corrected chi connectivity index (χ1v) is 8.06. The molecule has 1 aromatic heterocycles. The molecule has 0 spiro atoms. The third kappa shape index (κ3) is 4.06. The van der Waals surface area contributed by atoms with Crippen molar-refractivity contribution in [2.24, 2.45) is 0 Å². The van der Waals surface area contributed by atoms with Crippen molar-refractivity contribution in [2.45, 2.75) is 13.0 Å². The quantitative estimate of drug-likeness (QED) is 0.889. The number of rotatable bonds is 4. The molecule has 0 saturated heterocycles. The highest BCUT2D eigenvalue weighted by atomic mass is 16.5. The lowest BCUT2D eigenvalue weighted by Crippen LogP contribution is -2.45. The van der Waals surface area contributed by atoms with Crippen molar-refractivity contribution >= 4 is 17.6 Å². The molecule has 7 nitrogen and oxygen atoms in total. The Morgan fingerprint density at radius 2 is 2.00 bits per heavy atom. The van der Waals surface area contributed by atoms with E-state index in [9.17, 15) is 9.59 Å². The van der Waals surface area contributed by atoms with Crippen LogP contribution in [0.25, 0.3) is 0 Å². The summed E-state index contributed by atoms with van der Waals surface area (Å²) in [6.45, 7) is 1.08. The van der Waals surface area contributed by atoms with Crippen LogP contribution >= 0.6 is 0 Å². The van der Waals surface area contributed by atoms with E-state index in [-0.39, 0.29) is 18.5 Å². The Morgan fingerprint density at radius 3 is 2.80 bits per heavy atom. The highest BCUT2D eigenvalue weighted by Gasteiger charge is 2.20. The van der Waals surface area contributed by atoms with Gasteiger partial charge < -0.3 is 20.3 Å². The lowest BCUT2D eigenvalue weighted by Gasteiger charge is -2.28. The van der Waals surface area contributed by atoms with Gasteiger partial charge in [-0.15, -0.1) is 0 Å². The molecule has 0 atom stereocenters. The first-order chi connectivity index (χ1) is 12.2. The van der Waals surface area contributed by atoms with Crippen LogP contribution in [0.5, 0.6) is 5.88 Å². The van der Waals surface area contributed by atoms with E-state index in [1.54, 1.807) is 23.2 Å². The fourth-order valence-corrected chi connectivity index (χ4v) is 2.78. The number of urea groups is 1. The summed E-state index contributed by atoms with van der Waals surface area (Å²) >= 11 is 0. The van der Waals surface area contributed by atoms with Gasteiger partial charge in [0, 0.05) is 19.3 Å². The summed E-state index contributed by atoms with van der Waals surface area (Å²) in [6, 6.07) is 11.2. The predicted molar refractivity (Wildman–Crippen MR) is 93.4 cm³/mol. The van der Waals surface area contributed by atoms with Crippen molar-refractivity contribution in [3.8, 4) is 5.88 Å². The Kier molecular flexibility index (Phi) is 5.13. The highest BCUT2D eigenvalue weighted by Crippen LogP contribution is 2.20. The van der Waals surface area contributed by atoms with E-state index in [1.807, 2.05) is 18.2 Å². The molecule has 3 amide bonds. The van der Waals surface area contributed by atoms with Crippen LogP contribution in [-0.4, -0.2) is 42.0 Å². The number of benzene rings is 1. The molecule has 0 fully saturated rings. The van der Waals surface area contributed by atoms with E-state index in [0.29, 0.717) is 24.7 Å². The number of fused-ring (bicyclic) bond motifs is 1. The molecule has 0 bridgehead atoms. The van der Waals surface area contributed by atoms with E-state index in [1.165, 1.54) is 12.7 Å². The van der Waals surface area contributed by atoms with Gasteiger partial charge in [-0.3, -0.25) is 4.79 Å². The normalized spacial score (nSPS) is 12.9. The lowest BCUT2D eigenvalue weighted by molar-refractivity contribution is -0.115. The van der Waals surface area contributed by atoms with E-state index < -0.39 is 0 Å². The van der Waals surface area contributed by atoms with Gasteiger partial charge in [0.25, 0.3) is 0 Å². The Balaban J connectivity index is 1.52. The van der Waals surface area contributed by atoms with Gasteiger partial charge in [0.2, 0.25) is 11.8 Å². The van der Waals surface area contributed by atoms with Crippen molar-refractivity contribution in [3.63, 3.8) is 0 Å². The number of pyridine rings is 1. The van der Waals surface area contributed by atoms with Gasteiger partial charge in [0.05, 0.1) is 13.7 Å². The van der Waals surface area contributed by atoms with E-state index in [2.05, 4.69) is 21.7 Å². The van der Waals surface area contributed by atoms with Crippen molar-refractivity contribution in [1.29, 1.82) is 0 Å². The number of amides is 3. The molecule has 2 heterocycles. The minimum atomic E-state index is -0.336. The van der Waals surface area contributed by atoms with Crippen LogP contribution in [0, 0.1) is 0 Å². The summed E-state index contributed by atoms with van der Waals surface area (Å²) < 4.78 is 5.08. The van der Waals surface area contributed by atoms with Crippen LogP contribution in [0.15, 0.2) is 42.6 Å². The Hall–Kier alpha value is -3.09. The smallest absolute Gasteiger partial charge is 0.318 e. The Bertz CT molecular complexity index is 778. The molecule has 2 aromatic rings. The molecule has 0 saturated carbocycles. The number of hydrogen-bond donors (Lipinski definition) is 2. The molecular weight excluding hydrogens is 320 g/mol. The van der Waals surface area contributed by atoms with Crippen LogP contribution < -0.4 is 15.4 Å². The van der Waals surface area contributed by atoms with Gasteiger partial charge in [-0.05, 0) is 29.7 Å². The minimum Gasteiger partial charge on any atom is -0.480 e. The summed E-state index contributed by atoms with van der Waals surface area (Å²) in [4.78, 5) is 30.0. The second-order valence-electron chi connectivity index (χ2n) is 5.71. The monoisotopic (exact) mass is 340 g/mol. The molecule has 1 aliphatic rings. The number of hydrogen-bond acceptors (Lipinski definition) is 4. The van der Waals surface area contributed by atoms with Crippen LogP contribution in [0.3, 0.4) is 0 Å². The maximum atomic E-state index is 12.3. The molecule has 0 radical (unpaired) electrons. The summed E-state index contributed by atoms with van der Waals surface area (Å²) in [5.74, 6) is -0.00752. The highest BCUT2D eigenvalue weighted by molar-refractivity contribution is 5.95. The van der Waals surface area contributed by atoms with Gasteiger partial charge in [-0.2, -0.15) is 0 Å². The molecule has 3 rings (SSSR count). The summed E-state index contributed by atoms with van der Waals surface area (Å²) in [5.41, 5.74) is 2.89. The maximum absolute atomic E-state index is 12.3. The predicted octanol–water partition coefficient (Wildman–Crippen LogP) is 1.80. The molecule has 0 unspecified atom stereocenters. The van der Waals surface area contributed by atoms with Gasteiger partial charge in [0.1, 0.15) is 5.69 Å². The average molecular weight is 340 g/mol. The van der Waals surface area contributed by atoms with Crippen molar-refractivity contribution in [2.75, 3.05) is 25.5 Å². The third-order valence-corrected chi connectivity index (χ3v) is 4.06. The third-order valence-electron chi connectivity index (χ3n) is 4.06. The van der Waals surface area contributed by atoms with Gasteiger partial charge >= 0.3 is 6.03 Å². The summed E-state index contributed by atoms with van der Waals surface area (Å²) in [5, 5.41) is 5.33. The van der Waals surface area contributed by atoms with Gasteiger partial charge in [0.15, 0.2) is 0 Å². The molecule has 1 aliphatic heterocycles. The lowest BCUT2D eigenvalue weighted by atomic mass is 10.0. The second-order valence-corrected chi connectivity index (χ2v) is 5.71. The largest absolute Gasteiger partial charge is 0.480 e. The first kappa shape index (κ1) is 16.8. The zero-order chi connectivity index (χ0) is 17.6. The summed E-state index contributed by atoms with van der Waals surface area (Å²) in [7, 11) is 1.48.